The number of carbonyl (C=O) groups excluding carboxylic acids is 2. The molecule has 0 fully saturated rings. The third kappa shape index (κ3) is 7.68. The molecular weight excluding hydrogens is 377 g/mol. The Balaban J connectivity index is 0.00000529. The minimum absolute atomic E-state index is 0. The predicted molar refractivity (Wildman–Crippen MR) is 98.4 cm³/mol. The van der Waals surface area contributed by atoms with Crippen LogP contribution in [0, 0.1) is 0 Å². The fourth-order valence-electron chi connectivity index (χ4n) is 1.75. The average Bonchev–Trinajstić information content (AvgIpc) is 2.52. The zero-order chi connectivity index (χ0) is 17.2. The molecule has 0 heterocycles. The van der Waals surface area contributed by atoms with E-state index in [9.17, 15) is 9.59 Å². The molecule has 2 amide bonds. The molecule has 0 saturated heterocycles. The van der Waals surface area contributed by atoms with Crippen LogP contribution in [0.1, 0.15) is 17.3 Å². The Kier molecular flexibility index (Phi) is 11.8. The van der Waals surface area contributed by atoms with E-state index < -0.39 is 11.9 Å². The molecule has 1 aromatic rings. The first-order valence-electron chi connectivity index (χ1n) is 7.19. The molecule has 1 atom stereocenters. The van der Waals surface area contributed by atoms with Crippen LogP contribution in [0.3, 0.4) is 0 Å². The number of rotatable bonds is 9. The van der Waals surface area contributed by atoms with Crippen molar-refractivity contribution >= 4 is 47.4 Å². The number of hydrogen-bond donors (Lipinski definition) is 3. The number of halogens is 3. The zero-order valence-corrected chi connectivity index (χ0v) is 15.9. The maximum absolute atomic E-state index is 12.1. The van der Waals surface area contributed by atoms with Gasteiger partial charge in [0.05, 0.1) is 22.2 Å². The summed E-state index contributed by atoms with van der Waals surface area (Å²) >= 11 is 11.9. The largest absolute Gasteiger partial charge is 0.383 e. The van der Waals surface area contributed by atoms with Crippen molar-refractivity contribution in [1.29, 1.82) is 0 Å². The van der Waals surface area contributed by atoms with Crippen LogP contribution >= 0.6 is 35.6 Å². The molecule has 1 unspecified atom stereocenters. The molecule has 1 aromatic carbocycles. The third-order valence-corrected chi connectivity index (χ3v) is 3.84. The van der Waals surface area contributed by atoms with Gasteiger partial charge in [0.15, 0.2) is 0 Å². The van der Waals surface area contributed by atoms with Crippen LogP contribution in [-0.4, -0.2) is 51.2 Å². The first-order chi connectivity index (χ1) is 11.0. The monoisotopic (exact) mass is 397 g/mol. The van der Waals surface area contributed by atoms with Crippen LogP contribution in [0.5, 0.6) is 0 Å². The maximum Gasteiger partial charge on any atom is 0.253 e. The summed E-state index contributed by atoms with van der Waals surface area (Å²) in [7, 11) is 1.62. The van der Waals surface area contributed by atoms with Gasteiger partial charge in [0, 0.05) is 26.7 Å². The summed E-state index contributed by atoms with van der Waals surface area (Å²) < 4.78 is 4.89. The lowest BCUT2D eigenvalue weighted by Gasteiger charge is -2.15. The van der Waals surface area contributed by atoms with Crippen LogP contribution < -0.4 is 16.0 Å². The molecule has 0 bridgehead atoms. The maximum atomic E-state index is 12.1. The van der Waals surface area contributed by atoms with Crippen molar-refractivity contribution in [2.75, 3.05) is 33.4 Å². The molecule has 1 rings (SSSR count). The summed E-state index contributed by atoms with van der Waals surface area (Å²) in [5, 5.41) is 8.88. The topological polar surface area (TPSA) is 79.5 Å². The van der Waals surface area contributed by atoms with E-state index in [0.717, 1.165) is 0 Å². The highest BCUT2D eigenvalue weighted by atomic mass is 35.5. The molecule has 0 spiro atoms. The Morgan fingerprint density at radius 2 is 1.92 bits per heavy atom. The van der Waals surface area contributed by atoms with Crippen molar-refractivity contribution in [3.8, 4) is 0 Å². The predicted octanol–water partition coefficient (Wildman–Crippen LogP) is 1.89. The molecule has 0 aliphatic carbocycles. The van der Waals surface area contributed by atoms with Gasteiger partial charge in [-0.1, -0.05) is 29.3 Å². The minimum atomic E-state index is -0.684. The normalized spacial score (nSPS) is 11.3. The summed E-state index contributed by atoms with van der Waals surface area (Å²) in [5.41, 5.74) is 0.236. The molecule has 0 aliphatic rings. The van der Waals surface area contributed by atoms with Crippen LogP contribution in [0.4, 0.5) is 0 Å². The van der Waals surface area contributed by atoms with Gasteiger partial charge in [-0.2, -0.15) is 0 Å². The van der Waals surface area contributed by atoms with Gasteiger partial charge < -0.3 is 20.7 Å². The van der Waals surface area contributed by atoms with Gasteiger partial charge in [-0.05, 0) is 19.1 Å². The van der Waals surface area contributed by atoms with Crippen LogP contribution in [0.2, 0.25) is 10.0 Å². The third-order valence-electron chi connectivity index (χ3n) is 3.02. The van der Waals surface area contributed by atoms with E-state index in [1.54, 1.807) is 32.2 Å². The second-order valence-corrected chi connectivity index (χ2v) is 5.62. The highest BCUT2D eigenvalue weighted by molar-refractivity contribution is 6.43. The first kappa shape index (κ1) is 22.9. The van der Waals surface area contributed by atoms with E-state index in [1.807, 2.05) is 0 Å². The van der Waals surface area contributed by atoms with E-state index in [4.69, 9.17) is 27.9 Å². The highest BCUT2D eigenvalue weighted by Crippen LogP contribution is 2.25. The number of carbonyl (C=O) groups is 2. The van der Waals surface area contributed by atoms with Crippen molar-refractivity contribution < 1.29 is 14.3 Å². The van der Waals surface area contributed by atoms with Gasteiger partial charge in [0.2, 0.25) is 5.91 Å². The van der Waals surface area contributed by atoms with Gasteiger partial charge >= 0.3 is 0 Å². The van der Waals surface area contributed by atoms with Gasteiger partial charge in [0.1, 0.15) is 6.04 Å². The molecule has 0 aromatic heterocycles. The Morgan fingerprint density at radius 3 is 2.58 bits per heavy atom. The second-order valence-electron chi connectivity index (χ2n) is 4.83. The SMILES string of the molecule is COCCNCCNC(=O)C(C)NC(=O)c1cccc(Cl)c1Cl.Cl. The van der Waals surface area contributed by atoms with E-state index in [-0.39, 0.29) is 28.9 Å². The van der Waals surface area contributed by atoms with E-state index in [0.29, 0.717) is 31.3 Å². The minimum Gasteiger partial charge on any atom is -0.383 e. The highest BCUT2D eigenvalue weighted by Gasteiger charge is 2.18. The van der Waals surface area contributed by atoms with Crippen molar-refractivity contribution in [1.82, 2.24) is 16.0 Å². The number of amides is 2. The van der Waals surface area contributed by atoms with Gasteiger partial charge in [-0.15, -0.1) is 12.4 Å². The Hall–Kier alpha value is -1.05. The molecule has 24 heavy (non-hydrogen) atoms. The molecule has 3 N–H and O–H groups in total. The Bertz CT molecular complexity index is 544. The number of nitrogens with one attached hydrogen (secondary N) is 3. The lowest BCUT2D eigenvalue weighted by Crippen LogP contribution is -2.46. The number of benzene rings is 1. The van der Waals surface area contributed by atoms with Crippen molar-refractivity contribution in [3.63, 3.8) is 0 Å². The van der Waals surface area contributed by atoms with E-state index >= 15 is 0 Å². The second kappa shape index (κ2) is 12.3. The molecule has 0 saturated carbocycles. The van der Waals surface area contributed by atoms with Gasteiger partial charge in [-0.25, -0.2) is 0 Å². The summed E-state index contributed by atoms with van der Waals surface area (Å²) in [4.78, 5) is 24.0. The summed E-state index contributed by atoms with van der Waals surface area (Å²) in [5.74, 6) is -0.719. The fourth-order valence-corrected chi connectivity index (χ4v) is 2.13. The lowest BCUT2D eigenvalue weighted by atomic mass is 10.2. The molecular formula is C15H22Cl3N3O3. The standard InChI is InChI=1S/C15H21Cl2N3O3.ClH/c1-10(14(21)19-7-6-18-8-9-23-2)20-15(22)11-4-3-5-12(16)13(11)17;/h3-5,10,18H,6-9H2,1-2H3,(H,19,21)(H,20,22);1H. The number of ether oxygens (including phenoxy) is 1. The molecule has 0 radical (unpaired) electrons. The molecule has 9 heteroatoms. The van der Waals surface area contributed by atoms with Crippen LogP contribution in [-0.2, 0) is 9.53 Å². The first-order valence-corrected chi connectivity index (χ1v) is 7.95. The molecule has 136 valence electrons. The van der Waals surface area contributed by atoms with Crippen molar-refractivity contribution in [2.24, 2.45) is 0 Å². The van der Waals surface area contributed by atoms with Crippen molar-refractivity contribution in [3.05, 3.63) is 33.8 Å². The lowest BCUT2D eigenvalue weighted by molar-refractivity contribution is -0.122. The molecule has 0 aliphatic heterocycles. The van der Waals surface area contributed by atoms with E-state index in [2.05, 4.69) is 16.0 Å². The van der Waals surface area contributed by atoms with E-state index in [1.165, 1.54) is 0 Å². The van der Waals surface area contributed by atoms with Crippen LogP contribution in [0.15, 0.2) is 18.2 Å². The van der Waals surface area contributed by atoms with Crippen LogP contribution in [0.25, 0.3) is 0 Å². The number of methoxy groups -OCH3 is 1. The van der Waals surface area contributed by atoms with Crippen molar-refractivity contribution in [2.45, 2.75) is 13.0 Å². The van der Waals surface area contributed by atoms with Gasteiger partial charge in [0.25, 0.3) is 5.91 Å². The summed E-state index contributed by atoms with van der Waals surface area (Å²) in [6, 6.07) is 4.08. The average molecular weight is 399 g/mol. The zero-order valence-electron chi connectivity index (χ0n) is 13.5. The molecule has 6 nitrogen and oxygen atoms in total. The number of hydrogen-bond acceptors (Lipinski definition) is 4. The fraction of sp³-hybridized carbons (Fsp3) is 0.467. The Morgan fingerprint density at radius 1 is 1.21 bits per heavy atom. The smallest absolute Gasteiger partial charge is 0.253 e. The summed E-state index contributed by atoms with van der Waals surface area (Å²) in [6.07, 6.45) is 0. The van der Waals surface area contributed by atoms with Gasteiger partial charge in [-0.3, -0.25) is 9.59 Å². The Labute approximate surface area is 158 Å². The quantitative estimate of drug-likeness (QED) is 0.555. The summed E-state index contributed by atoms with van der Waals surface area (Å²) in [6.45, 7) is 4.01.